The fourth-order valence-electron chi connectivity index (χ4n) is 3.02. The summed E-state index contributed by atoms with van der Waals surface area (Å²) in [6, 6.07) is -1.20. The van der Waals surface area contributed by atoms with Crippen molar-refractivity contribution in [1.29, 1.82) is 0 Å². The number of carbonyl (C=O) groups excluding carboxylic acids is 3. The minimum Gasteiger partial charge on any atom is -0.464 e. The maximum Gasteiger partial charge on any atom is 0.331 e. The lowest BCUT2D eigenvalue weighted by Gasteiger charge is -2.10. The maximum atomic E-state index is 11.7. The van der Waals surface area contributed by atoms with Crippen LogP contribution in [0.15, 0.2) is 0 Å². The van der Waals surface area contributed by atoms with Crippen LogP contribution in [0.25, 0.3) is 0 Å². The van der Waals surface area contributed by atoms with E-state index in [4.69, 9.17) is 16.2 Å². The highest BCUT2D eigenvalue weighted by Crippen LogP contribution is 2.13. The molecule has 0 aliphatic heterocycles. The van der Waals surface area contributed by atoms with Gasteiger partial charge in [0.1, 0.15) is 12.6 Å². The van der Waals surface area contributed by atoms with Gasteiger partial charge in [-0.1, -0.05) is 84.0 Å². The fourth-order valence-corrected chi connectivity index (χ4v) is 3.02. The molecule has 0 aliphatic carbocycles. The summed E-state index contributed by atoms with van der Waals surface area (Å²) in [6.45, 7) is 2.51. The summed E-state index contributed by atoms with van der Waals surface area (Å²) in [5, 5.41) is 0. The first-order chi connectivity index (χ1) is 14.0. The van der Waals surface area contributed by atoms with Gasteiger partial charge < -0.3 is 20.9 Å². The zero-order chi connectivity index (χ0) is 21.7. The summed E-state index contributed by atoms with van der Waals surface area (Å²) in [6.07, 6.45) is 15.7. The number of ether oxygens (including phenoxy) is 2. The molecule has 7 heteroatoms. The van der Waals surface area contributed by atoms with Crippen LogP contribution in [0.4, 0.5) is 0 Å². The van der Waals surface area contributed by atoms with Gasteiger partial charge in [0.05, 0.1) is 6.42 Å². The van der Waals surface area contributed by atoms with E-state index >= 15 is 0 Å². The van der Waals surface area contributed by atoms with Gasteiger partial charge in [0, 0.05) is 13.0 Å². The molecule has 7 nitrogen and oxygen atoms in total. The van der Waals surface area contributed by atoms with Crippen molar-refractivity contribution in [3.05, 3.63) is 0 Å². The Balaban J connectivity index is 3.53. The van der Waals surface area contributed by atoms with E-state index < -0.39 is 23.9 Å². The molecule has 4 N–H and O–H groups in total. The van der Waals surface area contributed by atoms with E-state index in [9.17, 15) is 14.4 Å². The number of unbranched alkanes of at least 4 members (excludes halogenated alkanes) is 12. The van der Waals surface area contributed by atoms with Gasteiger partial charge in [-0.25, -0.2) is 4.79 Å². The molecule has 1 atom stereocenters. The summed E-state index contributed by atoms with van der Waals surface area (Å²) >= 11 is 0. The summed E-state index contributed by atoms with van der Waals surface area (Å²) in [5.41, 5.74) is 10.8. The minimum atomic E-state index is -1.20. The SMILES string of the molecule is CCCCCCCCCCCCCCCC(=O)OC(=O)[C@@H](N)CC(=O)OCCN. The quantitative estimate of drug-likeness (QED) is 0.187. The first-order valence-electron chi connectivity index (χ1n) is 11.4. The number of carbonyl (C=O) groups is 3. The third-order valence-corrected chi connectivity index (χ3v) is 4.77. The van der Waals surface area contributed by atoms with Gasteiger partial charge in [0.25, 0.3) is 0 Å². The molecule has 0 aromatic carbocycles. The minimum absolute atomic E-state index is 0.0680. The molecule has 29 heavy (non-hydrogen) atoms. The predicted octanol–water partition coefficient (Wildman–Crippen LogP) is 3.76. The molecular formula is C22H42N2O5. The van der Waals surface area contributed by atoms with Crippen molar-refractivity contribution in [2.45, 2.75) is 109 Å². The van der Waals surface area contributed by atoms with E-state index in [-0.39, 0.29) is 26.0 Å². The van der Waals surface area contributed by atoms with Gasteiger partial charge in [0.15, 0.2) is 0 Å². The topological polar surface area (TPSA) is 122 Å². The molecule has 0 saturated heterocycles. The number of hydrogen-bond acceptors (Lipinski definition) is 7. The number of nitrogens with two attached hydrogens (primary N) is 2. The Labute approximate surface area is 176 Å². The molecular weight excluding hydrogens is 372 g/mol. The predicted molar refractivity (Wildman–Crippen MR) is 114 cm³/mol. The van der Waals surface area contributed by atoms with Crippen molar-refractivity contribution in [3.63, 3.8) is 0 Å². The van der Waals surface area contributed by atoms with E-state index in [0.29, 0.717) is 6.42 Å². The highest BCUT2D eigenvalue weighted by Gasteiger charge is 2.22. The van der Waals surface area contributed by atoms with Gasteiger partial charge in [-0.15, -0.1) is 0 Å². The molecule has 0 saturated carbocycles. The highest BCUT2D eigenvalue weighted by atomic mass is 16.6. The summed E-state index contributed by atoms with van der Waals surface area (Å²) in [7, 11) is 0. The molecule has 0 rings (SSSR count). The molecule has 0 unspecified atom stereocenters. The van der Waals surface area contributed by atoms with Crippen LogP contribution in [0.3, 0.4) is 0 Å². The maximum absolute atomic E-state index is 11.7. The van der Waals surface area contributed by atoms with Crippen molar-refractivity contribution in [3.8, 4) is 0 Å². The largest absolute Gasteiger partial charge is 0.464 e. The molecule has 0 heterocycles. The van der Waals surface area contributed by atoms with Crippen molar-refractivity contribution in [2.24, 2.45) is 11.5 Å². The first kappa shape index (κ1) is 27.5. The average molecular weight is 415 g/mol. The van der Waals surface area contributed by atoms with Gasteiger partial charge in [-0.05, 0) is 6.42 Å². The van der Waals surface area contributed by atoms with Crippen LogP contribution in [0, 0.1) is 0 Å². The van der Waals surface area contributed by atoms with Gasteiger partial charge in [0.2, 0.25) is 0 Å². The van der Waals surface area contributed by atoms with E-state index in [1.807, 2.05) is 0 Å². The molecule has 0 aliphatic rings. The Kier molecular flexibility index (Phi) is 18.8. The molecule has 170 valence electrons. The van der Waals surface area contributed by atoms with Crippen LogP contribution in [-0.4, -0.2) is 37.1 Å². The lowest BCUT2D eigenvalue weighted by atomic mass is 10.0. The second-order valence-corrected chi connectivity index (χ2v) is 7.61. The monoisotopic (exact) mass is 414 g/mol. The third-order valence-electron chi connectivity index (χ3n) is 4.77. The zero-order valence-electron chi connectivity index (χ0n) is 18.3. The third kappa shape index (κ3) is 18.3. The number of hydrogen-bond donors (Lipinski definition) is 2. The van der Waals surface area contributed by atoms with E-state index in [0.717, 1.165) is 12.8 Å². The van der Waals surface area contributed by atoms with Crippen LogP contribution in [-0.2, 0) is 23.9 Å². The molecule has 0 amide bonds. The average Bonchev–Trinajstić information content (AvgIpc) is 2.69. The molecule has 0 spiro atoms. The Morgan fingerprint density at radius 1 is 0.759 bits per heavy atom. The van der Waals surface area contributed by atoms with Crippen LogP contribution in [0.2, 0.25) is 0 Å². The van der Waals surface area contributed by atoms with Crippen LogP contribution < -0.4 is 11.5 Å². The van der Waals surface area contributed by atoms with E-state index in [1.54, 1.807) is 0 Å². The fraction of sp³-hybridized carbons (Fsp3) is 0.864. The lowest BCUT2D eigenvalue weighted by molar-refractivity contribution is -0.162. The molecule has 0 bridgehead atoms. The van der Waals surface area contributed by atoms with Crippen molar-refractivity contribution >= 4 is 17.9 Å². The van der Waals surface area contributed by atoms with Crippen molar-refractivity contribution < 1.29 is 23.9 Å². The Bertz CT molecular complexity index is 443. The number of rotatable bonds is 19. The first-order valence-corrected chi connectivity index (χ1v) is 11.4. The van der Waals surface area contributed by atoms with Crippen LogP contribution in [0.5, 0.6) is 0 Å². The van der Waals surface area contributed by atoms with Gasteiger partial charge >= 0.3 is 17.9 Å². The summed E-state index contributed by atoms with van der Waals surface area (Å²) < 4.78 is 9.42. The van der Waals surface area contributed by atoms with Gasteiger partial charge in [-0.3, -0.25) is 9.59 Å². The molecule has 0 aromatic rings. The summed E-state index contributed by atoms with van der Waals surface area (Å²) in [4.78, 5) is 34.7. The zero-order valence-corrected chi connectivity index (χ0v) is 18.3. The highest BCUT2D eigenvalue weighted by molar-refractivity contribution is 5.90. The van der Waals surface area contributed by atoms with Crippen molar-refractivity contribution in [1.82, 2.24) is 0 Å². The molecule has 0 radical (unpaired) electrons. The van der Waals surface area contributed by atoms with Crippen LogP contribution in [0.1, 0.15) is 103 Å². The smallest absolute Gasteiger partial charge is 0.331 e. The van der Waals surface area contributed by atoms with Gasteiger partial charge in [-0.2, -0.15) is 0 Å². The molecule has 0 aromatic heterocycles. The van der Waals surface area contributed by atoms with E-state index in [2.05, 4.69) is 11.7 Å². The van der Waals surface area contributed by atoms with Crippen LogP contribution >= 0.6 is 0 Å². The Hall–Kier alpha value is -1.47. The second-order valence-electron chi connectivity index (χ2n) is 7.61. The standard InChI is InChI=1S/C22H42N2O5/c1-2-3-4-5-6-7-8-9-10-11-12-13-14-15-20(25)29-22(27)19(24)18-21(26)28-17-16-23/h19H,2-18,23-24H2,1H3/t19-/m0/s1. The van der Waals surface area contributed by atoms with Crippen molar-refractivity contribution in [2.75, 3.05) is 13.2 Å². The number of esters is 3. The Morgan fingerprint density at radius 2 is 1.24 bits per heavy atom. The lowest BCUT2D eigenvalue weighted by Crippen LogP contribution is -2.36. The summed E-state index contributed by atoms with van der Waals surface area (Å²) in [5.74, 6) is -2.12. The Morgan fingerprint density at radius 3 is 1.72 bits per heavy atom. The van der Waals surface area contributed by atoms with E-state index in [1.165, 1.54) is 64.2 Å². The molecule has 0 fully saturated rings. The normalized spacial score (nSPS) is 11.8. The second kappa shape index (κ2) is 19.8.